The summed E-state index contributed by atoms with van der Waals surface area (Å²) in [6.07, 6.45) is 2.35. The van der Waals surface area contributed by atoms with E-state index in [0.29, 0.717) is 18.9 Å². The molecule has 0 radical (unpaired) electrons. The third kappa shape index (κ3) is 5.06. The minimum absolute atomic E-state index is 0.256. The molecule has 1 aromatic carbocycles. The Balaban J connectivity index is 1.58. The van der Waals surface area contributed by atoms with Crippen molar-refractivity contribution >= 4 is 15.8 Å². The number of hydrogen-bond donors (Lipinski definition) is 1. The van der Waals surface area contributed by atoms with Crippen LogP contribution in [0, 0.1) is 13.8 Å². The van der Waals surface area contributed by atoms with Gasteiger partial charge in [0.05, 0.1) is 0 Å². The average Bonchev–Trinajstić information content (AvgIpc) is 2.62. The number of pyridine rings is 1. The van der Waals surface area contributed by atoms with Crippen LogP contribution in [0.1, 0.15) is 16.7 Å². The van der Waals surface area contributed by atoms with Gasteiger partial charge < -0.3 is 10.2 Å². The zero-order chi connectivity index (χ0) is 19.4. The molecule has 2 aromatic rings. The molecule has 0 spiro atoms. The van der Waals surface area contributed by atoms with E-state index in [4.69, 9.17) is 0 Å². The summed E-state index contributed by atoms with van der Waals surface area (Å²) >= 11 is 0. The van der Waals surface area contributed by atoms with Gasteiger partial charge in [0.25, 0.3) is 0 Å². The highest BCUT2D eigenvalue weighted by Gasteiger charge is 2.27. The van der Waals surface area contributed by atoms with Crippen LogP contribution >= 0.6 is 0 Å². The second-order valence-electron chi connectivity index (χ2n) is 7.26. The van der Waals surface area contributed by atoms with E-state index >= 15 is 0 Å². The van der Waals surface area contributed by atoms with Crippen molar-refractivity contribution < 1.29 is 8.42 Å². The number of sulfonamides is 1. The van der Waals surface area contributed by atoms with Crippen LogP contribution in [0.15, 0.2) is 41.4 Å². The number of nitrogens with one attached hydrogen (secondary N) is 1. The van der Waals surface area contributed by atoms with E-state index in [2.05, 4.69) is 47.2 Å². The molecule has 0 unspecified atom stereocenters. The van der Waals surface area contributed by atoms with Crippen molar-refractivity contribution in [3.05, 3.63) is 53.2 Å². The first-order valence-electron chi connectivity index (χ1n) is 9.30. The van der Waals surface area contributed by atoms with Crippen molar-refractivity contribution in [2.75, 3.05) is 45.1 Å². The lowest BCUT2D eigenvalue weighted by Gasteiger charge is -2.31. The Bertz CT molecular complexity index is 853. The highest BCUT2D eigenvalue weighted by Crippen LogP contribution is 2.18. The number of hydrogen-bond acceptors (Lipinski definition) is 5. The van der Waals surface area contributed by atoms with Crippen LogP contribution in [0.3, 0.4) is 0 Å². The Labute approximate surface area is 162 Å². The van der Waals surface area contributed by atoms with Crippen molar-refractivity contribution in [1.29, 1.82) is 0 Å². The predicted molar refractivity (Wildman–Crippen MR) is 109 cm³/mol. The van der Waals surface area contributed by atoms with Crippen molar-refractivity contribution in [3.63, 3.8) is 0 Å². The van der Waals surface area contributed by atoms with Crippen molar-refractivity contribution in [2.24, 2.45) is 0 Å². The molecule has 1 fully saturated rings. The second kappa shape index (κ2) is 8.37. The van der Waals surface area contributed by atoms with Crippen LogP contribution in [-0.4, -0.2) is 62.4 Å². The van der Waals surface area contributed by atoms with Crippen molar-refractivity contribution in [3.8, 4) is 0 Å². The minimum atomic E-state index is -3.46. The molecule has 1 N–H and O–H groups in total. The maximum atomic E-state index is 12.7. The van der Waals surface area contributed by atoms with E-state index in [0.717, 1.165) is 26.1 Å². The first-order chi connectivity index (χ1) is 12.8. The Morgan fingerprint density at radius 2 is 1.70 bits per heavy atom. The van der Waals surface area contributed by atoms with Crippen LogP contribution in [0.2, 0.25) is 0 Å². The maximum Gasteiger partial charge on any atom is 0.244 e. The van der Waals surface area contributed by atoms with Crippen molar-refractivity contribution in [2.45, 2.75) is 25.2 Å². The third-order valence-corrected chi connectivity index (χ3v) is 6.72. The number of rotatable bonds is 6. The van der Waals surface area contributed by atoms with Crippen LogP contribution in [0.4, 0.5) is 5.82 Å². The minimum Gasteiger partial charge on any atom is -0.370 e. The summed E-state index contributed by atoms with van der Waals surface area (Å²) in [4.78, 5) is 6.68. The summed E-state index contributed by atoms with van der Waals surface area (Å²) in [5, 5.41) is 3.27. The number of likely N-dealkylation sites (N-methyl/N-ethyl adjacent to an activating group) is 1. The molecule has 3 rings (SSSR count). The van der Waals surface area contributed by atoms with Gasteiger partial charge in [-0.15, -0.1) is 0 Å². The Morgan fingerprint density at radius 3 is 2.30 bits per heavy atom. The van der Waals surface area contributed by atoms with Gasteiger partial charge in [-0.05, 0) is 45.0 Å². The molecule has 0 saturated carbocycles. The van der Waals surface area contributed by atoms with Gasteiger partial charge in [0.1, 0.15) is 10.7 Å². The summed E-state index contributed by atoms with van der Waals surface area (Å²) in [6, 6.07) is 9.92. The molecule has 0 aliphatic carbocycles. The molecule has 0 atom stereocenters. The number of anilines is 1. The molecule has 1 aliphatic rings. The molecule has 1 aliphatic heterocycles. The van der Waals surface area contributed by atoms with E-state index in [1.54, 1.807) is 12.1 Å². The van der Waals surface area contributed by atoms with Gasteiger partial charge in [0, 0.05) is 38.9 Å². The summed E-state index contributed by atoms with van der Waals surface area (Å²) in [5.41, 5.74) is 3.82. The van der Waals surface area contributed by atoms with E-state index < -0.39 is 10.0 Å². The summed E-state index contributed by atoms with van der Waals surface area (Å²) in [5.74, 6) is 0.691. The highest BCUT2D eigenvalue weighted by molar-refractivity contribution is 7.89. The first-order valence-corrected chi connectivity index (χ1v) is 10.7. The lowest BCUT2D eigenvalue weighted by molar-refractivity contribution is 0.222. The molecule has 6 nitrogen and oxygen atoms in total. The summed E-state index contributed by atoms with van der Waals surface area (Å²) in [6.45, 7) is 7.51. The number of aromatic nitrogens is 1. The molecular formula is C20H28N4O2S. The van der Waals surface area contributed by atoms with Gasteiger partial charge in [-0.3, -0.25) is 0 Å². The Morgan fingerprint density at radius 1 is 1.04 bits per heavy atom. The van der Waals surface area contributed by atoms with Gasteiger partial charge in [-0.2, -0.15) is 4.31 Å². The van der Waals surface area contributed by atoms with Crippen LogP contribution in [0.5, 0.6) is 0 Å². The molecule has 146 valence electrons. The van der Waals surface area contributed by atoms with E-state index in [-0.39, 0.29) is 4.90 Å². The maximum absolute atomic E-state index is 12.7. The fourth-order valence-electron chi connectivity index (χ4n) is 3.36. The average molecular weight is 389 g/mol. The van der Waals surface area contributed by atoms with Gasteiger partial charge in [-0.1, -0.05) is 29.3 Å². The third-order valence-electron chi connectivity index (χ3n) is 4.84. The fraction of sp³-hybridized carbons (Fsp3) is 0.450. The highest BCUT2D eigenvalue weighted by atomic mass is 32.2. The van der Waals surface area contributed by atoms with E-state index in [1.807, 2.05) is 7.05 Å². The lowest BCUT2D eigenvalue weighted by Crippen LogP contribution is -2.47. The number of piperazine rings is 1. The number of nitrogens with zero attached hydrogens (tertiary/aromatic N) is 3. The van der Waals surface area contributed by atoms with E-state index in [1.165, 1.54) is 27.2 Å². The van der Waals surface area contributed by atoms with Gasteiger partial charge in [0.2, 0.25) is 10.0 Å². The smallest absolute Gasteiger partial charge is 0.244 e. The molecule has 27 heavy (non-hydrogen) atoms. The quantitative estimate of drug-likeness (QED) is 0.823. The van der Waals surface area contributed by atoms with Gasteiger partial charge >= 0.3 is 0 Å². The molecule has 1 aromatic heterocycles. The Hall–Kier alpha value is -1.96. The predicted octanol–water partition coefficient (Wildman–Crippen LogP) is 2.29. The van der Waals surface area contributed by atoms with Gasteiger partial charge in [-0.25, -0.2) is 13.4 Å². The summed E-state index contributed by atoms with van der Waals surface area (Å²) in [7, 11) is -1.45. The van der Waals surface area contributed by atoms with Gasteiger partial charge in [0.15, 0.2) is 0 Å². The Kier molecular flexibility index (Phi) is 6.14. The molecule has 0 bridgehead atoms. The van der Waals surface area contributed by atoms with Crippen LogP contribution in [0.25, 0.3) is 0 Å². The zero-order valence-electron chi connectivity index (χ0n) is 16.3. The van der Waals surface area contributed by atoms with Crippen molar-refractivity contribution in [1.82, 2.24) is 14.2 Å². The SMILES string of the molecule is Cc1cc(C)cc(CCNc2ccc(S(=O)(=O)N3CCN(C)CC3)cn2)c1. The molecular weight excluding hydrogens is 360 g/mol. The first kappa shape index (κ1) is 19.8. The number of benzene rings is 1. The van der Waals surface area contributed by atoms with Crippen LogP contribution < -0.4 is 5.32 Å². The molecule has 1 saturated heterocycles. The normalized spacial score (nSPS) is 16.4. The monoisotopic (exact) mass is 388 g/mol. The lowest BCUT2D eigenvalue weighted by atomic mass is 10.1. The summed E-state index contributed by atoms with van der Waals surface area (Å²) < 4.78 is 27.0. The number of aryl methyl sites for hydroxylation is 2. The topological polar surface area (TPSA) is 65.5 Å². The standard InChI is InChI=1S/C20H28N4O2S/c1-16-12-17(2)14-18(13-16)6-7-21-20-5-4-19(15-22-20)27(25,26)24-10-8-23(3)9-11-24/h4-5,12-15H,6-11H2,1-3H3,(H,21,22). The largest absolute Gasteiger partial charge is 0.370 e. The molecule has 0 amide bonds. The molecule has 2 heterocycles. The fourth-order valence-corrected chi connectivity index (χ4v) is 4.73. The van der Waals surface area contributed by atoms with Crippen LogP contribution in [-0.2, 0) is 16.4 Å². The molecule has 7 heteroatoms. The second-order valence-corrected chi connectivity index (χ2v) is 9.20. The zero-order valence-corrected chi connectivity index (χ0v) is 17.1. The van der Waals surface area contributed by atoms with E-state index in [9.17, 15) is 8.42 Å².